The van der Waals surface area contributed by atoms with Gasteiger partial charge < -0.3 is 9.84 Å². The molecule has 1 aromatic heterocycles. The molecule has 0 bridgehead atoms. The van der Waals surface area contributed by atoms with E-state index in [1.807, 2.05) is 24.3 Å². The second-order valence-electron chi connectivity index (χ2n) is 4.38. The Morgan fingerprint density at radius 1 is 1.11 bits per heavy atom. The molecule has 0 saturated carbocycles. The molecule has 0 unspecified atom stereocenters. The largest absolute Gasteiger partial charge is 0.497 e. The maximum absolute atomic E-state index is 9.90. The van der Waals surface area contributed by atoms with Crippen LogP contribution in [0.1, 0.15) is 17.7 Å². The van der Waals surface area contributed by atoms with Gasteiger partial charge in [0.15, 0.2) is 5.82 Å². The van der Waals surface area contributed by atoms with Gasteiger partial charge in [-0.15, -0.1) is 0 Å². The normalized spacial score (nSPS) is 13.4. The van der Waals surface area contributed by atoms with E-state index in [-0.39, 0.29) is 5.88 Å². The van der Waals surface area contributed by atoms with Gasteiger partial charge >= 0.3 is 0 Å². The summed E-state index contributed by atoms with van der Waals surface area (Å²) in [5.74, 6) is 1.50. The van der Waals surface area contributed by atoms with Gasteiger partial charge in [0, 0.05) is 11.1 Å². The number of nitrogens with zero attached hydrogens (tertiary/aromatic N) is 2. The van der Waals surface area contributed by atoms with Crippen molar-refractivity contribution in [1.82, 2.24) is 9.97 Å². The van der Waals surface area contributed by atoms with Crippen molar-refractivity contribution in [3.63, 3.8) is 0 Å². The second kappa shape index (κ2) is 4.29. The molecule has 18 heavy (non-hydrogen) atoms. The summed E-state index contributed by atoms with van der Waals surface area (Å²) in [4.78, 5) is 8.70. The van der Waals surface area contributed by atoms with Crippen LogP contribution in [0.4, 0.5) is 0 Å². The third kappa shape index (κ3) is 1.79. The number of methoxy groups -OCH3 is 1. The molecular weight excluding hydrogens is 228 g/mol. The van der Waals surface area contributed by atoms with Crippen LogP contribution in [-0.4, -0.2) is 22.2 Å². The fourth-order valence-electron chi connectivity index (χ4n) is 2.28. The Labute approximate surface area is 105 Å². The lowest BCUT2D eigenvalue weighted by molar-refractivity contribution is 0.415. The van der Waals surface area contributed by atoms with Crippen molar-refractivity contribution in [1.29, 1.82) is 0 Å². The average molecular weight is 242 g/mol. The molecule has 92 valence electrons. The Bertz CT molecular complexity index is 579. The van der Waals surface area contributed by atoms with E-state index >= 15 is 0 Å². The van der Waals surface area contributed by atoms with Gasteiger partial charge in [-0.25, -0.2) is 4.98 Å². The van der Waals surface area contributed by atoms with Crippen LogP contribution in [0.15, 0.2) is 24.3 Å². The summed E-state index contributed by atoms with van der Waals surface area (Å²) >= 11 is 0. The predicted octanol–water partition coefficient (Wildman–Crippen LogP) is 2.35. The first-order valence-electron chi connectivity index (χ1n) is 6.01. The summed E-state index contributed by atoms with van der Waals surface area (Å²) in [6.45, 7) is 0. The van der Waals surface area contributed by atoms with E-state index in [1.54, 1.807) is 7.11 Å². The number of rotatable bonds is 2. The SMILES string of the molecule is COc1ccc(-c2nc(O)c3c(n2)CCC3)cc1. The smallest absolute Gasteiger partial charge is 0.217 e. The first-order chi connectivity index (χ1) is 8.78. The number of aromatic nitrogens is 2. The molecule has 1 aliphatic carbocycles. The van der Waals surface area contributed by atoms with Gasteiger partial charge in [0.25, 0.3) is 0 Å². The van der Waals surface area contributed by atoms with E-state index in [2.05, 4.69) is 9.97 Å². The lowest BCUT2D eigenvalue weighted by Crippen LogP contribution is -1.96. The minimum absolute atomic E-state index is 0.128. The van der Waals surface area contributed by atoms with Crippen LogP contribution in [0.5, 0.6) is 11.6 Å². The Balaban J connectivity index is 2.03. The summed E-state index contributed by atoms with van der Waals surface area (Å²) in [6.07, 6.45) is 2.85. The van der Waals surface area contributed by atoms with Crippen molar-refractivity contribution >= 4 is 0 Å². The van der Waals surface area contributed by atoms with Crippen LogP contribution in [-0.2, 0) is 12.8 Å². The average Bonchev–Trinajstić information content (AvgIpc) is 2.88. The highest BCUT2D eigenvalue weighted by Gasteiger charge is 2.19. The lowest BCUT2D eigenvalue weighted by Gasteiger charge is -2.06. The Hall–Kier alpha value is -2.10. The highest BCUT2D eigenvalue weighted by molar-refractivity contribution is 5.58. The summed E-state index contributed by atoms with van der Waals surface area (Å²) in [7, 11) is 1.63. The van der Waals surface area contributed by atoms with Crippen LogP contribution in [0, 0.1) is 0 Å². The van der Waals surface area contributed by atoms with E-state index in [0.717, 1.165) is 41.8 Å². The summed E-state index contributed by atoms with van der Waals surface area (Å²) < 4.78 is 5.11. The molecule has 1 heterocycles. The molecule has 0 spiro atoms. The maximum atomic E-state index is 9.90. The molecule has 0 atom stereocenters. The molecule has 0 amide bonds. The van der Waals surface area contributed by atoms with E-state index in [9.17, 15) is 5.11 Å². The Morgan fingerprint density at radius 3 is 2.61 bits per heavy atom. The number of ether oxygens (including phenoxy) is 1. The molecule has 1 aliphatic rings. The summed E-state index contributed by atoms with van der Waals surface area (Å²) in [5.41, 5.74) is 2.78. The minimum atomic E-state index is 0.128. The third-order valence-electron chi connectivity index (χ3n) is 3.26. The predicted molar refractivity (Wildman–Crippen MR) is 67.7 cm³/mol. The second-order valence-corrected chi connectivity index (χ2v) is 4.38. The summed E-state index contributed by atoms with van der Waals surface area (Å²) in [5, 5.41) is 9.90. The monoisotopic (exact) mass is 242 g/mol. The van der Waals surface area contributed by atoms with Gasteiger partial charge in [-0.05, 0) is 43.5 Å². The molecular formula is C14H14N2O2. The van der Waals surface area contributed by atoms with E-state index in [1.165, 1.54) is 0 Å². The van der Waals surface area contributed by atoms with E-state index in [0.29, 0.717) is 5.82 Å². The van der Waals surface area contributed by atoms with Gasteiger partial charge in [-0.2, -0.15) is 4.98 Å². The third-order valence-corrected chi connectivity index (χ3v) is 3.26. The molecule has 2 aromatic rings. The van der Waals surface area contributed by atoms with Crippen LogP contribution in [0.2, 0.25) is 0 Å². The number of aryl methyl sites for hydroxylation is 1. The molecule has 0 radical (unpaired) electrons. The van der Waals surface area contributed by atoms with Crippen molar-refractivity contribution in [2.45, 2.75) is 19.3 Å². The van der Waals surface area contributed by atoms with E-state index in [4.69, 9.17) is 4.74 Å². The van der Waals surface area contributed by atoms with Gasteiger partial charge in [-0.1, -0.05) is 0 Å². The molecule has 1 aromatic carbocycles. The van der Waals surface area contributed by atoms with Gasteiger partial charge in [0.2, 0.25) is 5.88 Å². The number of hydrogen-bond acceptors (Lipinski definition) is 4. The zero-order valence-electron chi connectivity index (χ0n) is 10.2. The zero-order valence-corrected chi connectivity index (χ0v) is 10.2. The van der Waals surface area contributed by atoms with Gasteiger partial charge in [-0.3, -0.25) is 0 Å². The Kier molecular flexibility index (Phi) is 2.63. The fourth-order valence-corrected chi connectivity index (χ4v) is 2.28. The number of benzene rings is 1. The standard InChI is InChI=1S/C14H14N2O2/c1-18-10-7-5-9(6-8-10)13-15-12-4-2-3-11(12)14(17)16-13/h5-8H,2-4H2,1H3,(H,15,16,17). The van der Waals surface area contributed by atoms with E-state index < -0.39 is 0 Å². The molecule has 4 heteroatoms. The quantitative estimate of drug-likeness (QED) is 0.878. The molecule has 4 nitrogen and oxygen atoms in total. The van der Waals surface area contributed by atoms with Gasteiger partial charge in [0.05, 0.1) is 12.8 Å². The van der Waals surface area contributed by atoms with Crippen LogP contribution in [0.25, 0.3) is 11.4 Å². The van der Waals surface area contributed by atoms with Crippen molar-refractivity contribution < 1.29 is 9.84 Å². The highest BCUT2D eigenvalue weighted by atomic mass is 16.5. The summed E-state index contributed by atoms with van der Waals surface area (Å²) in [6, 6.07) is 7.52. The maximum Gasteiger partial charge on any atom is 0.217 e. The molecule has 0 saturated heterocycles. The van der Waals surface area contributed by atoms with Crippen molar-refractivity contribution in [3.05, 3.63) is 35.5 Å². The topological polar surface area (TPSA) is 55.2 Å². The zero-order chi connectivity index (χ0) is 12.5. The highest BCUT2D eigenvalue weighted by Crippen LogP contribution is 2.30. The first-order valence-corrected chi connectivity index (χ1v) is 6.01. The van der Waals surface area contributed by atoms with Crippen molar-refractivity contribution in [2.24, 2.45) is 0 Å². The minimum Gasteiger partial charge on any atom is -0.497 e. The lowest BCUT2D eigenvalue weighted by atomic mass is 10.2. The number of aromatic hydroxyl groups is 1. The Morgan fingerprint density at radius 2 is 1.89 bits per heavy atom. The number of fused-ring (bicyclic) bond motifs is 1. The van der Waals surface area contributed by atoms with Gasteiger partial charge in [0.1, 0.15) is 5.75 Å². The van der Waals surface area contributed by atoms with Crippen LogP contribution >= 0.6 is 0 Å². The van der Waals surface area contributed by atoms with Crippen LogP contribution in [0.3, 0.4) is 0 Å². The van der Waals surface area contributed by atoms with Crippen molar-refractivity contribution in [3.8, 4) is 23.0 Å². The molecule has 0 aliphatic heterocycles. The molecule has 3 rings (SSSR count). The molecule has 1 N–H and O–H groups in total. The van der Waals surface area contributed by atoms with Crippen LogP contribution < -0.4 is 4.74 Å². The van der Waals surface area contributed by atoms with Crippen molar-refractivity contribution in [2.75, 3.05) is 7.11 Å². The first kappa shape index (κ1) is 11.0. The fraction of sp³-hybridized carbons (Fsp3) is 0.286. The number of hydrogen-bond donors (Lipinski definition) is 1. The molecule has 0 fully saturated rings.